The molecule has 0 amide bonds. The van der Waals surface area contributed by atoms with Crippen LogP contribution >= 0.6 is 35.0 Å². The summed E-state index contributed by atoms with van der Waals surface area (Å²) >= 11 is 14.1. The molecule has 268 valence electrons. The molecule has 0 aromatic heterocycles. The molecule has 6 rings (SSSR count). The van der Waals surface area contributed by atoms with Crippen molar-refractivity contribution in [2.45, 2.75) is 36.2 Å². The largest absolute Gasteiger partial charge is 0.493 e. The predicted molar refractivity (Wildman–Crippen MR) is 209 cm³/mol. The number of thioether (sulfide) groups is 1. The van der Waals surface area contributed by atoms with Crippen LogP contribution in [0.3, 0.4) is 0 Å². The molecule has 1 atom stereocenters. The van der Waals surface area contributed by atoms with Crippen LogP contribution in [0.15, 0.2) is 132 Å². The van der Waals surface area contributed by atoms with E-state index in [9.17, 15) is 23.4 Å². The van der Waals surface area contributed by atoms with Crippen LogP contribution in [0.5, 0.6) is 5.75 Å². The molecule has 5 aromatic carbocycles. The molecule has 0 radical (unpaired) electrons. The van der Waals surface area contributed by atoms with E-state index < -0.39 is 27.5 Å². The standard InChI is InChI=1S/C41H37Cl2NO6S2/c1-27-9-8-14-37(43)39(27)51-26-52(48,49)44-23-21-36-33(22-24-50-32-18-15-30(16-19-32)40(45)46)34-25-31(42)17-20-35(34)41(36,47)38(28-10-4-2-5-11-28)29-12-6-3-7-13-29/h2-20,25,38,44,47H,21-24,26H2,1H3,(H,45,46). The molecule has 0 aliphatic heterocycles. The summed E-state index contributed by atoms with van der Waals surface area (Å²) < 4.78 is 35.5. The molecule has 52 heavy (non-hydrogen) atoms. The number of carboxylic acid groups (broad SMARTS) is 1. The van der Waals surface area contributed by atoms with Crippen molar-refractivity contribution in [2.75, 3.05) is 18.2 Å². The Morgan fingerprint density at radius 1 is 0.865 bits per heavy atom. The van der Waals surface area contributed by atoms with Crippen LogP contribution in [-0.4, -0.2) is 42.8 Å². The van der Waals surface area contributed by atoms with Gasteiger partial charge in [-0.05, 0) is 94.8 Å². The second kappa shape index (κ2) is 16.3. The predicted octanol–water partition coefficient (Wildman–Crippen LogP) is 9.32. The number of halogens is 2. The molecule has 0 bridgehead atoms. The van der Waals surface area contributed by atoms with E-state index in [-0.39, 0.29) is 30.2 Å². The fraction of sp³-hybridized carbons (Fsp3) is 0.195. The van der Waals surface area contributed by atoms with Crippen LogP contribution < -0.4 is 9.46 Å². The number of benzene rings is 5. The van der Waals surface area contributed by atoms with Gasteiger partial charge in [0.2, 0.25) is 10.0 Å². The van der Waals surface area contributed by atoms with E-state index in [2.05, 4.69) is 4.72 Å². The Morgan fingerprint density at radius 3 is 2.13 bits per heavy atom. The van der Waals surface area contributed by atoms with Gasteiger partial charge in [0.1, 0.15) is 16.4 Å². The Labute approximate surface area is 318 Å². The highest BCUT2D eigenvalue weighted by atomic mass is 35.5. The first-order valence-corrected chi connectivity index (χ1v) is 20.0. The smallest absolute Gasteiger partial charge is 0.335 e. The molecule has 11 heteroatoms. The van der Waals surface area contributed by atoms with E-state index in [1.807, 2.05) is 91.9 Å². The van der Waals surface area contributed by atoms with Gasteiger partial charge in [0.25, 0.3) is 0 Å². The van der Waals surface area contributed by atoms with Crippen molar-refractivity contribution in [3.63, 3.8) is 0 Å². The lowest BCUT2D eigenvalue weighted by molar-refractivity contribution is 0.0584. The van der Waals surface area contributed by atoms with Gasteiger partial charge in [-0.3, -0.25) is 0 Å². The topological polar surface area (TPSA) is 113 Å². The lowest BCUT2D eigenvalue weighted by Gasteiger charge is -2.38. The summed E-state index contributed by atoms with van der Waals surface area (Å²) in [6.45, 7) is 2.12. The van der Waals surface area contributed by atoms with E-state index in [0.29, 0.717) is 38.2 Å². The van der Waals surface area contributed by atoms with Crippen LogP contribution in [0.1, 0.15) is 56.9 Å². The van der Waals surface area contributed by atoms with Gasteiger partial charge in [0.05, 0.1) is 17.2 Å². The minimum atomic E-state index is -3.76. The monoisotopic (exact) mass is 773 g/mol. The molecule has 3 N–H and O–H groups in total. The number of hydrogen-bond acceptors (Lipinski definition) is 6. The molecule has 7 nitrogen and oxygen atoms in total. The molecule has 0 saturated heterocycles. The van der Waals surface area contributed by atoms with E-state index in [0.717, 1.165) is 39.6 Å². The van der Waals surface area contributed by atoms with E-state index in [4.69, 9.17) is 27.9 Å². The summed E-state index contributed by atoms with van der Waals surface area (Å²) in [5, 5.41) is 23.4. The molecule has 5 aromatic rings. The third-order valence-corrected chi connectivity index (χ3v) is 13.0. The van der Waals surface area contributed by atoms with E-state index in [1.165, 1.54) is 12.1 Å². The Bertz CT molecular complexity index is 2140. The highest BCUT2D eigenvalue weighted by molar-refractivity contribution is 8.11. The number of ether oxygens (including phenoxy) is 1. The fourth-order valence-electron chi connectivity index (χ4n) is 6.85. The first-order chi connectivity index (χ1) is 25.0. The van der Waals surface area contributed by atoms with Crippen molar-refractivity contribution in [3.8, 4) is 5.75 Å². The number of carboxylic acids is 1. The summed E-state index contributed by atoms with van der Waals surface area (Å²) in [4.78, 5) is 12.1. The fourth-order valence-corrected chi connectivity index (χ4v) is 9.75. The summed E-state index contributed by atoms with van der Waals surface area (Å²) in [5.74, 6) is -1.08. The maximum absolute atomic E-state index is 13.4. The van der Waals surface area contributed by atoms with Gasteiger partial charge < -0.3 is 14.9 Å². The number of aromatic carboxylic acids is 1. The Kier molecular flexibility index (Phi) is 11.8. The average Bonchev–Trinajstić information content (AvgIpc) is 3.35. The summed E-state index contributed by atoms with van der Waals surface area (Å²) in [6, 6.07) is 36.6. The second-order valence-electron chi connectivity index (χ2n) is 12.5. The Balaban J connectivity index is 1.37. The molecule has 1 aliphatic carbocycles. The van der Waals surface area contributed by atoms with Gasteiger partial charge in [-0.25, -0.2) is 17.9 Å². The van der Waals surface area contributed by atoms with Gasteiger partial charge in [0, 0.05) is 28.8 Å². The Morgan fingerprint density at radius 2 is 1.52 bits per heavy atom. The molecular formula is C41H37Cl2NO6S2. The Hall–Kier alpha value is -4.09. The number of fused-ring (bicyclic) bond motifs is 1. The normalized spacial score (nSPS) is 15.6. The van der Waals surface area contributed by atoms with Gasteiger partial charge in [-0.2, -0.15) is 0 Å². The zero-order valence-electron chi connectivity index (χ0n) is 28.3. The van der Waals surface area contributed by atoms with Crippen LogP contribution in [0.4, 0.5) is 0 Å². The van der Waals surface area contributed by atoms with Gasteiger partial charge in [-0.1, -0.05) is 102 Å². The maximum atomic E-state index is 13.4. The average molecular weight is 775 g/mol. The highest BCUT2D eigenvalue weighted by Gasteiger charge is 2.50. The zero-order chi connectivity index (χ0) is 36.9. The van der Waals surface area contributed by atoms with Crippen molar-refractivity contribution in [1.29, 1.82) is 0 Å². The van der Waals surface area contributed by atoms with Crippen molar-refractivity contribution >= 4 is 56.5 Å². The third kappa shape index (κ3) is 8.26. The van der Waals surface area contributed by atoms with Gasteiger partial charge in [-0.15, -0.1) is 11.8 Å². The van der Waals surface area contributed by atoms with Crippen molar-refractivity contribution in [3.05, 3.63) is 170 Å². The molecule has 0 saturated carbocycles. The second-order valence-corrected chi connectivity index (χ2v) is 16.5. The zero-order valence-corrected chi connectivity index (χ0v) is 31.4. The molecule has 0 heterocycles. The van der Waals surface area contributed by atoms with Crippen LogP contribution in [-0.2, 0) is 15.6 Å². The number of nitrogens with one attached hydrogen (secondary N) is 1. The van der Waals surface area contributed by atoms with Gasteiger partial charge >= 0.3 is 5.97 Å². The highest BCUT2D eigenvalue weighted by Crippen LogP contribution is 2.56. The first-order valence-electron chi connectivity index (χ1n) is 16.6. The number of rotatable bonds is 15. The number of aryl methyl sites for hydroxylation is 1. The molecule has 1 unspecified atom stereocenters. The molecule has 0 fully saturated rings. The summed E-state index contributed by atoms with van der Waals surface area (Å²) in [7, 11) is -3.76. The minimum Gasteiger partial charge on any atom is -0.493 e. The number of aliphatic hydroxyl groups is 1. The van der Waals surface area contributed by atoms with E-state index >= 15 is 0 Å². The van der Waals surface area contributed by atoms with Crippen molar-refractivity contribution in [1.82, 2.24) is 4.72 Å². The summed E-state index contributed by atoms with van der Waals surface area (Å²) in [6.07, 6.45) is 0.549. The van der Waals surface area contributed by atoms with Crippen LogP contribution in [0, 0.1) is 6.92 Å². The van der Waals surface area contributed by atoms with Crippen LogP contribution in [0.25, 0.3) is 5.57 Å². The van der Waals surface area contributed by atoms with E-state index in [1.54, 1.807) is 24.3 Å². The van der Waals surface area contributed by atoms with Crippen LogP contribution in [0.2, 0.25) is 10.0 Å². The number of carbonyl (C=O) groups is 1. The lowest BCUT2D eigenvalue weighted by atomic mass is 9.71. The number of hydrogen-bond donors (Lipinski definition) is 3. The molecular weight excluding hydrogens is 737 g/mol. The lowest BCUT2D eigenvalue weighted by Crippen LogP contribution is -2.36. The van der Waals surface area contributed by atoms with Crippen molar-refractivity contribution < 1.29 is 28.2 Å². The number of sulfonamides is 1. The first kappa shape index (κ1) is 37.7. The van der Waals surface area contributed by atoms with Gasteiger partial charge in [0.15, 0.2) is 0 Å². The SMILES string of the molecule is Cc1cccc(Cl)c1SCS(=O)(=O)NCCC1=C(CCOc2ccc(C(=O)O)cc2)c2cc(Cl)ccc2C1(O)C(c1ccccc1)c1ccccc1. The molecule has 1 aliphatic rings. The third-order valence-electron chi connectivity index (χ3n) is 9.17. The summed E-state index contributed by atoms with van der Waals surface area (Å²) in [5.41, 5.74) is 4.12. The quantitative estimate of drug-likeness (QED) is 0.0910. The minimum absolute atomic E-state index is 0.0288. The van der Waals surface area contributed by atoms with Crippen molar-refractivity contribution in [2.24, 2.45) is 0 Å². The molecule has 0 spiro atoms. The maximum Gasteiger partial charge on any atom is 0.335 e.